The van der Waals surface area contributed by atoms with Crippen molar-refractivity contribution in [1.82, 2.24) is 0 Å². The molecule has 1 nitrogen and oxygen atoms in total. The van der Waals surface area contributed by atoms with Crippen molar-refractivity contribution >= 4 is 0 Å². The van der Waals surface area contributed by atoms with Gasteiger partial charge in [0, 0.05) is 5.92 Å². The van der Waals surface area contributed by atoms with Crippen LogP contribution in [0.2, 0.25) is 0 Å². The van der Waals surface area contributed by atoms with E-state index in [2.05, 4.69) is 43.3 Å². The molecule has 0 aliphatic carbocycles. The van der Waals surface area contributed by atoms with Gasteiger partial charge in [0.15, 0.2) is 0 Å². The quantitative estimate of drug-likeness (QED) is 0.751. The van der Waals surface area contributed by atoms with E-state index in [4.69, 9.17) is 4.74 Å². The first-order chi connectivity index (χ1) is 7.81. The number of methoxy groups -OCH3 is 1. The van der Waals surface area contributed by atoms with Gasteiger partial charge in [-0.15, -0.1) is 0 Å². The molecule has 0 radical (unpaired) electrons. The average Bonchev–Trinajstić information content (AvgIpc) is 2.39. The molecule has 0 bridgehead atoms. The third-order valence-corrected chi connectivity index (χ3v) is 2.89. The van der Waals surface area contributed by atoms with Crippen LogP contribution in [0.15, 0.2) is 54.6 Å². The van der Waals surface area contributed by atoms with Crippen molar-refractivity contribution < 1.29 is 4.74 Å². The largest absolute Gasteiger partial charge is 0.497 e. The zero-order valence-electron chi connectivity index (χ0n) is 9.68. The molecule has 2 rings (SSSR count). The van der Waals surface area contributed by atoms with Gasteiger partial charge in [0.05, 0.1) is 7.11 Å². The zero-order valence-corrected chi connectivity index (χ0v) is 9.68. The molecule has 2 aromatic rings. The smallest absolute Gasteiger partial charge is 0.119 e. The van der Waals surface area contributed by atoms with Crippen molar-refractivity contribution in [2.75, 3.05) is 7.11 Å². The lowest BCUT2D eigenvalue weighted by molar-refractivity contribution is 0.414. The first kappa shape index (κ1) is 10.7. The molecule has 0 aromatic heterocycles. The number of rotatable bonds is 3. The topological polar surface area (TPSA) is 9.23 Å². The minimum atomic E-state index is 0.399. The standard InChI is InChI=1S/C15H16O/c1-12(13-7-4-3-5-8-13)14-9-6-10-15(11-14)16-2/h3-12H,1-2H3. The highest BCUT2D eigenvalue weighted by atomic mass is 16.5. The fourth-order valence-electron chi connectivity index (χ4n) is 1.85. The average molecular weight is 212 g/mol. The van der Waals surface area contributed by atoms with E-state index in [1.165, 1.54) is 11.1 Å². The molecular weight excluding hydrogens is 196 g/mol. The summed E-state index contributed by atoms with van der Waals surface area (Å²) in [5.41, 5.74) is 2.61. The Morgan fingerprint density at radius 1 is 0.875 bits per heavy atom. The van der Waals surface area contributed by atoms with E-state index in [0.717, 1.165) is 5.75 Å². The summed E-state index contributed by atoms with van der Waals surface area (Å²) < 4.78 is 5.24. The van der Waals surface area contributed by atoms with Gasteiger partial charge in [-0.25, -0.2) is 0 Å². The lowest BCUT2D eigenvalue weighted by atomic mass is 9.93. The Morgan fingerprint density at radius 3 is 2.25 bits per heavy atom. The van der Waals surface area contributed by atoms with Gasteiger partial charge in [0.25, 0.3) is 0 Å². The van der Waals surface area contributed by atoms with Gasteiger partial charge in [-0.2, -0.15) is 0 Å². The molecule has 1 heteroatoms. The molecule has 1 atom stereocenters. The van der Waals surface area contributed by atoms with Gasteiger partial charge in [-0.3, -0.25) is 0 Å². The Bertz CT molecular complexity index is 448. The van der Waals surface area contributed by atoms with Gasteiger partial charge < -0.3 is 4.74 Å². The van der Waals surface area contributed by atoms with Crippen LogP contribution in [-0.4, -0.2) is 7.11 Å². The number of hydrogen-bond acceptors (Lipinski definition) is 1. The number of hydrogen-bond donors (Lipinski definition) is 0. The zero-order chi connectivity index (χ0) is 11.4. The summed E-state index contributed by atoms with van der Waals surface area (Å²) in [4.78, 5) is 0. The predicted octanol–water partition coefficient (Wildman–Crippen LogP) is 3.85. The van der Waals surface area contributed by atoms with Crippen LogP contribution in [0.4, 0.5) is 0 Å². The Labute approximate surface area is 96.7 Å². The lowest BCUT2D eigenvalue weighted by Gasteiger charge is -2.13. The molecule has 16 heavy (non-hydrogen) atoms. The van der Waals surface area contributed by atoms with Gasteiger partial charge in [-0.05, 0) is 23.3 Å². The molecule has 0 heterocycles. The molecule has 0 saturated heterocycles. The Morgan fingerprint density at radius 2 is 1.56 bits per heavy atom. The summed E-state index contributed by atoms with van der Waals surface area (Å²) in [5, 5.41) is 0. The van der Waals surface area contributed by atoms with Crippen LogP contribution in [0, 0.1) is 0 Å². The fourth-order valence-corrected chi connectivity index (χ4v) is 1.85. The van der Waals surface area contributed by atoms with Gasteiger partial charge in [-0.1, -0.05) is 49.4 Å². The second-order valence-corrected chi connectivity index (χ2v) is 3.91. The van der Waals surface area contributed by atoms with Crippen LogP contribution in [-0.2, 0) is 0 Å². The molecule has 0 aliphatic rings. The van der Waals surface area contributed by atoms with E-state index in [9.17, 15) is 0 Å². The molecule has 0 saturated carbocycles. The highest BCUT2D eigenvalue weighted by Gasteiger charge is 2.08. The van der Waals surface area contributed by atoms with Gasteiger partial charge >= 0.3 is 0 Å². The minimum absolute atomic E-state index is 0.399. The van der Waals surface area contributed by atoms with E-state index in [1.807, 2.05) is 18.2 Å². The molecule has 0 fully saturated rings. The maximum atomic E-state index is 5.24. The Balaban J connectivity index is 2.30. The molecule has 82 valence electrons. The van der Waals surface area contributed by atoms with Crippen molar-refractivity contribution in [3.63, 3.8) is 0 Å². The molecule has 0 spiro atoms. The maximum Gasteiger partial charge on any atom is 0.119 e. The Hall–Kier alpha value is -1.76. The summed E-state index contributed by atoms with van der Waals surface area (Å²) >= 11 is 0. The van der Waals surface area contributed by atoms with E-state index in [0.29, 0.717) is 5.92 Å². The third kappa shape index (κ3) is 2.25. The van der Waals surface area contributed by atoms with Gasteiger partial charge in [0.2, 0.25) is 0 Å². The number of benzene rings is 2. The summed E-state index contributed by atoms with van der Waals surface area (Å²) in [6.07, 6.45) is 0. The maximum absolute atomic E-state index is 5.24. The van der Waals surface area contributed by atoms with Crippen LogP contribution in [0.3, 0.4) is 0 Å². The van der Waals surface area contributed by atoms with Crippen molar-refractivity contribution in [2.45, 2.75) is 12.8 Å². The van der Waals surface area contributed by atoms with Crippen LogP contribution < -0.4 is 4.74 Å². The molecule has 0 amide bonds. The first-order valence-electron chi connectivity index (χ1n) is 5.50. The van der Waals surface area contributed by atoms with Crippen molar-refractivity contribution in [2.24, 2.45) is 0 Å². The molecular formula is C15H16O. The van der Waals surface area contributed by atoms with E-state index in [-0.39, 0.29) is 0 Å². The SMILES string of the molecule is COc1cccc(C(C)c2ccccc2)c1. The van der Waals surface area contributed by atoms with Crippen molar-refractivity contribution in [1.29, 1.82) is 0 Å². The minimum Gasteiger partial charge on any atom is -0.497 e. The van der Waals surface area contributed by atoms with Gasteiger partial charge in [0.1, 0.15) is 5.75 Å². The van der Waals surface area contributed by atoms with E-state index in [1.54, 1.807) is 7.11 Å². The van der Waals surface area contributed by atoms with Crippen LogP contribution >= 0.6 is 0 Å². The normalized spacial score (nSPS) is 12.1. The molecule has 1 unspecified atom stereocenters. The summed E-state index contributed by atoms with van der Waals surface area (Å²) in [6, 6.07) is 18.8. The highest BCUT2D eigenvalue weighted by molar-refractivity contribution is 5.36. The lowest BCUT2D eigenvalue weighted by Crippen LogP contribution is -1.96. The van der Waals surface area contributed by atoms with Crippen molar-refractivity contribution in [3.05, 3.63) is 65.7 Å². The predicted molar refractivity (Wildman–Crippen MR) is 67.0 cm³/mol. The van der Waals surface area contributed by atoms with Crippen LogP contribution in [0.5, 0.6) is 5.75 Å². The monoisotopic (exact) mass is 212 g/mol. The molecule has 0 N–H and O–H groups in total. The second-order valence-electron chi connectivity index (χ2n) is 3.91. The fraction of sp³-hybridized carbons (Fsp3) is 0.200. The first-order valence-corrected chi connectivity index (χ1v) is 5.50. The highest BCUT2D eigenvalue weighted by Crippen LogP contribution is 2.26. The Kier molecular flexibility index (Phi) is 3.25. The van der Waals surface area contributed by atoms with E-state index >= 15 is 0 Å². The molecule has 2 aromatic carbocycles. The summed E-state index contributed by atoms with van der Waals surface area (Å²) in [6.45, 7) is 2.21. The van der Waals surface area contributed by atoms with E-state index < -0.39 is 0 Å². The molecule has 0 aliphatic heterocycles. The van der Waals surface area contributed by atoms with Crippen LogP contribution in [0.25, 0.3) is 0 Å². The van der Waals surface area contributed by atoms with Crippen molar-refractivity contribution in [3.8, 4) is 5.75 Å². The number of ether oxygens (including phenoxy) is 1. The second kappa shape index (κ2) is 4.84. The third-order valence-electron chi connectivity index (χ3n) is 2.89. The summed E-state index contributed by atoms with van der Waals surface area (Å²) in [5.74, 6) is 1.32. The van der Waals surface area contributed by atoms with Crippen LogP contribution in [0.1, 0.15) is 24.0 Å². The summed E-state index contributed by atoms with van der Waals surface area (Å²) in [7, 11) is 1.70.